The number of aromatic nitrogens is 2. The molecule has 5 heteroatoms. The highest BCUT2D eigenvalue weighted by Crippen LogP contribution is 2.32. The molecule has 0 amide bonds. The first kappa shape index (κ1) is 13.1. The Morgan fingerprint density at radius 3 is 2.89 bits per heavy atom. The summed E-state index contributed by atoms with van der Waals surface area (Å²) in [6.45, 7) is 6.97. The fourth-order valence-electron chi connectivity index (χ4n) is 2.64. The van der Waals surface area contributed by atoms with Gasteiger partial charge < -0.3 is 10.2 Å². The van der Waals surface area contributed by atoms with Crippen molar-refractivity contribution in [3.63, 3.8) is 0 Å². The SMILES string of the molecule is CCNc1ncc(F)c(N2C(C)CCC2CC)n1. The first-order valence-electron chi connectivity index (χ1n) is 6.72. The Balaban J connectivity index is 2.33. The van der Waals surface area contributed by atoms with Gasteiger partial charge in [0, 0.05) is 18.6 Å². The zero-order valence-electron chi connectivity index (χ0n) is 11.3. The maximum absolute atomic E-state index is 14.0. The molecule has 1 aromatic heterocycles. The van der Waals surface area contributed by atoms with Gasteiger partial charge in [-0.2, -0.15) is 4.98 Å². The molecule has 2 atom stereocenters. The first-order chi connectivity index (χ1) is 8.67. The van der Waals surface area contributed by atoms with Gasteiger partial charge in [0.05, 0.1) is 6.20 Å². The molecule has 1 fully saturated rings. The quantitative estimate of drug-likeness (QED) is 0.894. The van der Waals surface area contributed by atoms with E-state index in [0.29, 0.717) is 23.8 Å². The fourth-order valence-corrected chi connectivity index (χ4v) is 2.64. The van der Waals surface area contributed by atoms with Gasteiger partial charge in [-0.15, -0.1) is 0 Å². The molecule has 1 aliphatic heterocycles. The van der Waals surface area contributed by atoms with Crippen LogP contribution in [0.3, 0.4) is 0 Å². The Morgan fingerprint density at radius 2 is 2.22 bits per heavy atom. The Labute approximate surface area is 108 Å². The number of halogens is 1. The third kappa shape index (κ3) is 2.40. The lowest BCUT2D eigenvalue weighted by atomic mass is 10.1. The van der Waals surface area contributed by atoms with Gasteiger partial charge in [-0.3, -0.25) is 0 Å². The molecule has 1 aliphatic rings. The van der Waals surface area contributed by atoms with Crippen molar-refractivity contribution in [2.75, 3.05) is 16.8 Å². The zero-order chi connectivity index (χ0) is 13.1. The highest BCUT2D eigenvalue weighted by Gasteiger charge is 2.32. The van der Waals surface area contributed by atoms with E-state index < -0.39 is 0 Å². The summed E-state index contributed by atoms with van der Waals surface area (Å²) in [5.74, 6) is 0.615. The summed E-state index contributed by atoms with van der Waals surface area (Å²) >= 11 is 0. The van der Waals surface area contributed by atoms with E-state index in [1.165, 1.54) is 6.20 Å². The number of anilines is 2. The van der Waals surface area contributed by atoms with E-state index >= 15 is 0 Å². The van der Waals surface area contributed by atoms with Crippen LogP contribution in [0.5, 0.6) is 0 Å². The van der Waals surface area contributed by atoms with E-state index in [9.17, 15) is 4.39 Å². The third-order valence-corrected chi connectivity index (χ3v) is 3.56. The zero-order valence-corrected chi connectivity index (χ0v) is 11.3. The molecule has 2 rings (SSSR count). The molecular weight excluding hydrogens is 231 g/mol. The average Bonchev–Trinajstić information content (AvgIpc) is 2.73. The van der Waals surface area contributed by atoms with E-state index in [1.807, 2.05) is 6.92 Å². The topological polar surface area (TPSA) is 41.1 Å². The van der Waals surface area contributed by atoms with Crippen molar-refractivity contribution >= 4 is 11.8 Å². The van der Waals surface area contributed by atoms with E-state index in [2.05, 4.69) is 34.0 Å². The number of hydrogen-bond donors (Lipinski definition) is 1. The van der Waals surface area contributed by atoms with E-state index in [0.717, 1.165) is 25.8 Å². The lowest BCUT2D eigenvalue weighted by Crippen LogP contribution is -2.35. The average molecular weight is 252 g/mol. The highest BCUT2D eigenvalue weighted by molar-refractivity contribution is 5.47. The molecule has 1 saturated heterocycles. The Kier molecular flexibility index (Phi) is 3.99. The minimum absolute atomic E-state index is 0.330. The van der Waals surface area contributed by atoms with Crippen LogP contribution in [0.15, 0.2) is 6.20 Å². The van der Waals surface area contributed by atoms with Gasteiger partial charge in [0.1, 0.15) is 0 Å². The summed E-state index contributed by atoms with van der Waals surface area (Å²) < 4.78 is 14.0. The van der Waals surface area contributed by atoms with Gasteiger partial charge in [-0.25, -0.2) is 9.37 Å². The van der Waals surface area contributed by atoms with Crippen LogP contribution in [-0.4, -0.2) is 28.6 Å². The fraction of sp³-hybridized carbons (Fsp3) is 0.692. The molecule has 2 unspecified atom stereocenters. The number of hydrogen-bond acceptors (Lipinski definition) is 4. The lowest BCUT2D eigenvalue weighted by molar-refractivity contribution is 0.567. The first-order valence-corrected chi connectivity index (χ1v) is 6.72. The van der Waals surface area contributed by atoms with E-state index in [4.69, 9.17) is 0 Å². The van der Waals surface area contributed by atoms with Crippen LogP contribution in [-0.2, 0) is 0 Å². The highest BCUT2D eigenvalue weighted by atomic mass is 19.1. The Bertz CT molecular complexity index is 410. The number of rotatable bonds is 4. The molecule has 0 bridgehead atoms. The third-order valence-electron chi connectivity index (χ3n) is 3.56. The molecule has 4 nitrogen and oxygen atoms in total. The molecule has 2 heterocycles. The van der Waals surface area contributed by atoms with E-state index in [1.54, 1.807) is 0 Å². The summed E-state index contributed by atoms with van der Waals surface area (Å²) in [5.41, 5.74) is 0. The van der Waals surface area contributed by atoms with Gasteiger partial charge in [-0.1, -0.05) is 6.92 Å². The molecule has 18 heavy (non-hydrogen) atoms. The maximum atomic E-state index is 14.0. The largest absolute Gasteiger partial charge is 0.354 e. The van der Waals surface area contributed by atoms with Gasteiger partial charge in [0.2, 0.25) is 5.95 Å². The van der Waals surface area contributed by atoms with Crippen molar-refractivity contribution in [1.82, 2.24) is 9.97 Å². The molecule has 100 valence electrons. The van der Waals surface area contributed by atoms with Crippen LogP contribution < -0.4 is 10.2 Å². The molecule has 0 spiro atoms. The van der Waals surface area contributed by atoms with Crippen molar-refractivity contribution in [2.24, 2.45) is 0 Å². The second kappa shape index (κ2) is 5.50. The number of nitrogens with zero attached hydrogens (tertiary/aromatic N) is 3. The maximum Gasteiger partial charge on any atom is 0.224 e. The van der Waals surface area contributed by atoms with Crippen molar-refractivity contribution in [3.05, 3.63) is 12.0 Å². The molecular formula is C13H21FN4. The van der Waals surface area contributed by atoms with Crippen molar-refractivity contribution in [3.8, 4) is 0 Å². The van der Waals surface area contributed by atoms with Gasteiger partial charge in [0.25, 0.3) is 0 Å². The van der Waals surface area contributed by atoms with Crippen LogP contribution in [0.25, 0.3) is 0 Å². The van der Waals surface area contributed by atoms with Crippen LogP contribution >= 0.6 is 0 Å². The van der Waals surface area contributed by atoms with Gasteiger partial charge >= 0.3 is 0 Å². The van der Waals surface area contributed by atoms with Gasteiger partial charge in [-0.05, 0) is 33.1 Å². The van der Waals surface area contributed by atoms with Crippen molar-refractivity contribution < 1.29 is 4.39 Å². The van der Waals surface area contributed by atoms with Gasteiger partial charge in [0.15, 0.2) is 11.6 Å². The minimum atomic E-state index is -0.330. The molecule has 0 aliphatic carbocycles. The minimum Gasteiger partial charge on any atom is -0.354 e. The predicted octanol–water partition coefficient (Wildman–Crippen LogP) is 2.81. The van der Waals surface area contributed by atoms with Crippen LogP contribution in [0.1, 0.15) is 40.0 Å². The summed E-state index contributed by atoms with van der Waals surface area (Å²) in [4.78, 5) is 10.4. The van der Waals surface area contributed by atoms with Crippen molar-refractivity contribution in [1.29, 1.82) is 0 Å². The van der Waals surface area contributed by atoms with Crippen LogP contribution in [0.4, 0.5) is 16.2 Å². The molecule has 1 N–H and O–H groups in total. The molecule has 1 aromatic rings. The second-order valence-corrected chi connectivity index (χ2v) is 4.79. The summed E-state index contributed by atoms with van der Waals surface area (Å²) in [6.07, 6.45) is 4.48. The summed E-state index contributed by atoms with van der Waals surface area (Å²) in [7, 11) is 0. The summed E-state index contributed by atoms with van der Waals surface area (Å²) in [6, 6.07) is 0.729. The molecule has 0 aromatic carbocycles. The second-order valence-electron chi connectivity index (χ2n) is 4.79. The van der Waals surface area contributed by atoms with E-state index in [-0.39, 0.29) is 5.82 Å². The molecule has 0 radical (unpaired) electrons. The number of nitrogens with one attached hydrogen (secondary N) is 1. The standard InChI is InChI=1S/C13H21FN4/c1-4-10-7-6-9(3)18(10)12-11(14)8-16-13(17-12)15-5-2/h8-10H,4-7H2,1-3H3,(H,15,16,17). The monoisotopic (exact) mass is 252 g/mol. The molecule has 0 saturated carbocycles. The normalized spacial score (nSPS) is 23.4. The smallest absolute Gasteiger partial charge is 0.224 e. The predicted molar refractivity (Wildman–Crippen MR) is 71.4 cm³/mol. The van der Waals surface area contributed by atoms with Crippen LogP contribution in [0.2, 0.25) is 0 Å². The van der Waals surface area contributed by atoms with Crippen molar-refractivity contribution in [2.45, 2.75) is 52.1 Å². The Hall–Kier alpha value is -1.39. The Morgan fingerprint density at radius 1 is 1.44 bits per heavy atom. The summed E-state index contributed by atoms with van der Waals surface area (Å²) in [5, 5.41) is 3.03. The van der Waals surface area contributed by atoms with Crippen LogP contribution in [0, 0.1) is 5.82 Å². The lowest BCUT2D eigenvalue weighted by Gasteiger charge is -2.29.